The summed E-state index contributed by atoms with van der Waals surface area (Å²) in [5, 5.41) is 9.36. The van der Waals surface area contributed by atoms with Crippen LogP contribution in [0.3, 0.4) is 0 Å². The van der Waals surface area contributed by atoms with Crippen LogP contribution in [-0.4, -0.2) is 31.6 Å². The molecule has 0 radical (unpaired) electrons. The van der Waals surface area contributed by atoms with E-state index in [1.807, 2.05) is 17.0 Å². The van der Waals surface area contributed by atoms with E-state index in [9.17, 15) is 9.90 Å². The summed E-state index contributed by atoms with van der Waals surface area (Å²) in [6.45, 7) is 3.12. The van der Waals surface area contributed by atoms with Gasteiger partial charge in [0.05, 0.1) is 12.0 Å². The zero-order chi connectivity index (χ0) is 16.8. The van der Waals surface area contributed by atoms with Crippen LogP contribution in [0.4, 0.5) is 0 Å². The molecule has 23 heavy (non-hydrogen) atoms. The first-order valence-electron chi connectivity index (χ1n) is 8.20. The van der Waals surface area contributed by atoms with Crippen LogP contribution in [0.5, 0.6) is 0 Å². The van der Waals surface area contributed by atoms with Crippen LogP contribution in [0.25, 0.3) is 6.08 Å². The van der Waals surface area contributed by atoms with E-state index in [0.29, 0.717) is 18.0 Å². The second-order valence-electron chi connectivity index (χ2n) is 6.48. The molecule has 1 aliphatic rings. The van der Waals surface area contributed by atoms with Crippen molar-refractivity contribution in [3.05, 3.63) is 23.8 Å². The number of imidazole rings is 1. The summed E-state index contributed by atoms with van der Waals surface area (Å²) in [5.74, 6) is -0.0362. The first kappa shape index (κ1) is 18.6. The summed E-state index contributed by atoms with van der Waals surface area (Å²) in [5.41, 5.74) is 1.17. The maximum Gasteiger partial charge on any atom is 0.331 e. The predicted octanol–water partition coefficient (Wildman–Crippen LogP) is 3.76. The number of hydrogen-bond acceptors (Lipinski definition) is 3. The summed E-state index contributed by atoms with van der Waals surface area (Å²) in [7, 11) is 5.11. The van der Waals surface area contributed by atoms with Gasteiger partial charge in [-0.3, -0.25) is 4.44 Å². The fourth-order valence-corrected chi connectivity index (χ4v) is 3.40. The Kier molecular flexibility index (Phi) is 7.20. The zero-order valence-corrected chi connectivity index (χ0v) is 16.0. The molecule has 1 fully saturated rings. The minimum atomic E-state index is -0.856. The fraction of sp³-hybridized carbons (Fsp3) is 0.625. The largest absolute Gasteiger partial charge is 0.478 e. The van der Waals surface area contributed by atoms with Crippen LogP contribution >= 0.6 is 18.8 Å². The van der Waals surface area contributed by atoms with Crippen molar-refractivity contribution >= 4 is 30.8 Å². The van der Waals surface area contributed by atoms with Crippen molar-refractivity contribution in [2.24, 2.45) is 5.92 Å². The molecule has 0 spiro atoms. The lowest BCUT2D eigenvalue weighted by Gasteiger charge is -2.26. The SMILES string of the molecule is C[C@H]1CC[C@H](n2cnc(/C=C(\CCCN(P)P)C(=O)O)c2)CC1. The van der Waals surface area contributed by atoms with E-state index < -0.39 is 5.97 Å². The molecule has 0 amide bonds. The average molecular weight is 355 g/mol. The Morgan fingerprint density at radius 1 is 1.43 bits per heavy atom. The van der Waals surface area contributed by atoms with Crippen LogP contribution < -0.4 is 0 Å². The highest BCUT2D eigenvalue weighted by atomic mass is 31.1. The summed E-state index contributed by atoms with van der Waals surface area (Å²) in [4.78, 5) is 15.8. The highest BCUT2D eigenvalue weighted by molar-refractivity contribution is 7.30. The molecule has 2 atom stereocenters. The molecule has 2 unspecified atom stereocenters. The number of aromatic nitrogens is 2. The third-order valence-corrected chi connectivity index (χ3v) is 5.00. The zero-order valence-electron chi connectivity index (χ0n) is 13.7. The number of rotatable bonds is 7. The summed E-state index contributed by atoms with van der Waals surface area (Å²) in [6, 6.07) is 0.511. The molecule has 1 heterocycles. The number of carbonyl (C=O) groups is 1. The van der Waals surface area contributed by atoms with Gasteiger partial charge in [0.25, 0.3) is 0 Å². The Balaban J connectivity index is 2.00. The topological polar surface area (TPSA) is 58.4 Å². The second kappa shape index (κ2) is 8.92. The van der Waals surface area contributed by atoms with Gasteiger partial charge in [-0.1, -0.05) is 25.7 Å². The molecule has 1 aliphatic carbocycles. The highest BCUT2D eigenvalue weighted by Crippen LogP contribution is 2.31. The molecule has 1 aromatic heterocycles. The number of nitrogens with zero attached hydrogens (tertiary/aromatic N) is 3. The first-order chi connectivity index (χ1) is 11.0. The molecule has 0 bridgehead atoms. The standard InChI is InChI=1S/C16H27N3O2P2/c1-12-4-6-15(7-5-12)18-10-14(17-11-18)9-13(16(20)21)3-2-8-19(22)23/h9-12,15H,2-8,22-23H2,1H3,(H,20,21)/b13-9+/t12-,15-. The lowest BCUT2D eigenvalue weighted by molar-refractivity contribution is -0.132. The van der Waals surface area contributed by atoms with Crippen LogP contribution in [0, 0.1) is 5.92 Å². The third kappa shape index (κ3) is 5.99. The van der Waals surface area contributed by atoms with E-state index >= 15 is 0 Å². The Morgan fingerprint density at radius 2 is 2.13 bits per heavy atom. The maximum atomic E-state index is 11.4. The van der Waals surface area contributed by atoms with E-state index in [4.69, 9.17) is 0 Å². The van der Waals surface area contributed by atoms with Crippen molar-refractivity contribution in [2.75, 3.05) is 6.54 Å². The molecule has 1 saturated carbocycles. The van der Waals surface area contributed by atoms with Gasteiger partial charge in [-0.15, -0.1) is 0 Å². The Labute approximate surface area is 143 Å². The minimum absolute atomic E-state index is 0.421. The molecule has 0 aliphatic heterocycles. The molecule has 0 saturated heterocycles. The summed E-state index contributed by atoms with van der Waals surface area (Å²) >= 11 is 0. The van der Waals surface area contributed by atoms with Crippen molar-refractivity contribution in [1.29, 1.82) is 0 Å². The number of carboxylic acids is 1. The van der Waals surface area contributed by atoms with Crippen LogP contribution in [0.1, 0.15) is 57.2 Å². The van der Waals surface area contributed by atoms with Crippen molar-refractivity contribution in [3.63, 3.8) is 0 Å². The highest BCUT2D eigenvalue weighted by Gasteiger charge is 2.19. The first-order valence-corrected chi connectivity index (χ1v) is 9.23. The molecule has 128 valence electrons. The molecule has 1 N–H and O–H groups in total. The van der Waals surface area contributed by atoms with E-state index in [0.717, 1.165) is 24.6 Å². The maximum absolute atomic E-state index is 11.4. The third-order valence-electron chi connectivity index (χ3n) is 4.49. The van der Waals surface area contributed by atoms with E-state index in [-0.39, 0.29) is 0 Å². The van der Waals surface area contributed by atoms with Gasteiger partial charge in [0.15, 0.2) is 0 Å². The van der Waals surface area contributed by atoms with Crippen LogP contribution in [0.15, 0.2) is 18.1 Å². The normalized spacial score (nSPS) is 22.5. The second-order valence-corrected chi connectivity index (χ2v) is 8.40. The van der Waals surface area contributed by atoms with Gasteiger partial charge < -0.3 is 9.67 Å². The van der Waals surface area contributed by atoms with Crippen molar-refractivity contribution in [2.45, 2.75) is 51.5 Å². The number of carboxylic acid groups (broad SMARTS) is 1. The average Bonchev–Trinajstić information content (AvgIpc) is 2.95. The van der Waals surface area contributed by atoms with E-state index in [2.05, 4.69) is 35.3 Å². The summed E-state index contributed by atoms with van der Waals surface area (Å²) < 4.78 is 4.06. The van der Waals surface area contributed by atoms with Crippen LogP contribution in [-0.2, 0) is 4.79 Å². The number of hydrogen-bond donors (Lipinski definition) is 1. The fourth-order valence-electron chi connectivity index (χ4n) is 3.04. The van der Waals surface area contributed by atoms with Crippen molar-refractivity contribution < 1.29 is 9.90 Å². The Morgan fingerprint density at radius 3 is 2.74 bits per heavy atom. The number of aliphatic carboxylic acids is 1. The molecule has 7 heteroatoms. The van der Waals surface area contributed by atoms with E-state index in [1.54, 1.807) is 6.08 Å². The Bertz CT molecular complexity index is 549. The molecule has 0 aromatic carbocycles. The van der Waals surface area contributed by atoms with Gasteiger partial charge in [0.1, 0.15) is 0 Å². The molecule has 2 rings (SSSR count). The van der Waals surface area contributed by atoms with Gasteiger partial charge in [0.2, 0.25) is 0 Å². The molecule has 1 aromatic rings. The quantitative estimate of drug-likeness (QED) is 0.598. The van der Waals surface area contributed by atoms with Gasteiger partial charge in [-0.2, -0.15) is 0 Å². The lowest BCUT2D eigenvalue weighted by Crippen LogP contribution is -2.15. The van der Waals surface area contributed by atoms with E-state index in [1.165, 1.54) is 25.7 Å². The van der Waals surface area contributed by atoms with Crippen LogP contribution in [0.2, 0.25) is 0 Å². The molecule has 5 nitrogen and oxygen atoms in total. The lowest BCUT2D eigenvalue weighted by atomic mass is 9.87. The van der Waals surface area contributed by atoms with Gasteiger partial charge in [0, 0.05) is 24.4 Å². The minimum Gasteiger partial charge on any atom is -0.478 e. The predicted molar refractivity (Wildman–Crippen MR) is 99.9 cm³/mol. The monoisotopic (exact) mass is 355 g/mol. The molecular weight excluding hydrogens is 328 g/mol. The van der Waals surface area contributed by atoms with Crippen molar-refractivity contribution in [1.82, 2.24) is 14.0 Å². The summed E-state index contributed by atoms with van der Waals surface area (Å²) in [6.07, 6.45) is 11.8. The smallest absolute Gasteiger partial charge is 0.331 e. The van der Waals surface area contributed by atoms with Crippen molar-refractivity contribution in [3.8, 4) is 0 Å². The van der Waals surface area contributed by atoms with Gasteiger partial charge >= 0.3 is 5.97 Å². The Hall–Kier alpha value is -0.760. The van der Waals surface area contributed by atoms with Gasteiger partial charge in [-0.05, 0) is 50.5 Å². The van der Waals surface area contributed by atoms with Gasteiger partial charge in [-0.25, -0.2) is 9.78 Å². The molecular formula is C16H27N3O2P2.